The van der Waals surface area contributed by atoms with E-state index in [0.29, 0.717) is 12.5 Å². The summed E-state index contributed by atoms with van der Waals surface area (Å²) in [5.74, 6) is 0.308. The van der Waals surface area contributed by atoms with Gasteiger partial charge >= 0.3 is 6.03 Å². The molecule has 1 aliphatic rings. The molecule has 0 aliphatic carbocycles. The summed E-state index contributed by atoms with van der Waals surface area (Å²) < 4.78 is 29.7. The van der Waals surface area contributed by atoms with Crippen molar-refractivity contribution in [1.82, 2.24) is 14.5 Å². The number of nitrogens with zero attached hydrogens (tertiary/aromatic N) is 3. The average molecular weight is 488 g/mol. The Labute approximate surface area is 204 Å². The van der Waals surface area contributed by atoms with Gasteiger partial charge in [-0.2, -0.15) is 9.46 Å². The number of hydrogen-bond donors (Lipinski definition) is 2. The van der Waals surface area contributed by atoms with Crippen LogP contribution in [0.3, 0.4) is 0 Å². The second-order valence-electron chi connectivity index (χ2n) is 8.31. The lowest BCUT2D eigenvalue weighted by molar-refractivity contribution is 0.253. The van der Waals surface area contributed by atoms with Crippen LogP contribution in [0.5, 0.6) is 5.88 Å². The SMILES string of the molecule is CC1COc2c(S(=O)(=NC(c3ccccc3)(c3ccccc3)c3ccccc3)NC(N)=O)cnn21. The van der Waals surface area contributed by atoms with Gasteiger partial charge in [-0.15, -0.1) is 0 Å². The number of nitrogens with one attached hydrogen (secondary N) is 1. The number of nitrogens with two attached hydrogens (primary N) is 1. The van der Waals surface area contributed by atoms with E-state index in [0.717, 1.165) is 16.7 Å². The number of fused-ring (bicyclic) bond motifs is 1. The van der Waals surface area contributed by atoms with Crippen LogP contribution in [-0.2, 0) is 15.5 Å². The van der Waals surface area contributed by atoms with E-state index in [4.69, 9.17) is 14.8 Å². The highest BCUT2D eigenvalue weighted by atomic mass is 32.2. The van der Waals surface area contributed by atoms with Gasteiger partial charge in [-0.05, 0) is 23.6 Å². The van der Waals surface area contributed by atoms with Gasteiger partial charge in [0.2, 0.25) is 5.88 Å². The van der Waals surface area contributed by atoms with Gasteiger partial charge in [0.05, 0.1) is 12.2 Å². The number of hydrogen-bond acceptors (Lipinski definition) is 5. The number of carbonyl (C=O) groups excluding carboxylic acids is 1. The molecule has 9 heteroatoms. The minimum atomic E-state index is -3.68. The molecule has 0 saturated carbocycles. The van der Waals surface area contributed by atoms with Crippen LogP contribution in [-0.4, -0.2) is 26.6 Å². The molecule has 3 N–H and O–H groups in total. The van der Waals surface area contributed by atoms with Gasteiger partial charge < -0.3 is 10.5 Å². The Morgan fingerprint density at radius 2 is 1.49 bits per heavy atom. The van der Waals surface area contributed by atoms with E-state index >= 15 is 0 Å². The summed E-state index contributed by atoms with van der Waals surface area (Å²) in [6.45, 7) is 2.32. The molecule has 2 amide bonds. The van der Waals surface area contributed by atoms with Crippen LogP contribution >= 0.6 is 0 Å². The third-order valence-corrected chi connectivity index (χ3v) is 7.86. The lowest BCUT2D eigenvalue weighted by Crippen LogP contribution is -2.38. The maximum absolute atomic E-state index is 14.7. The number of primary amides is 1. The van der Waals surface area contributed by atoms with Crippen LogP contribution in [0.1, 0.15) is 29.7 Å². The molecule has 4 aromatic rings. The van der Waals surface area contributed by atoms with Crippen LogP contribution in [0.25, 0.3) is 0 Å². The molecule has 2 heterocycles. The molecular weight excluding hydrogens is 462 g/mol. The number of amides is 2. The molecule has 1 aliphatic heterocycles. The smallest absolute Gasteiger partial charge is 0.324 e. The number of ether oxygens (including phenoxy) is 1. The zero-order valence-corrected chi connectivity index (χ0v) is 19.9. The van der Waals surface area contributed by atoms with Crippen molar-refractivity contribution in [2.75, 3.05) is 6.61 Å². The van der Waals surface area contributed by atoms with Crippen LogP contribution in [0, 0.1) is 0 Å². The van der Waals surface area contributed by atoms with Crippen molar-refractivity contribution in [3.05, 3.63) is 114 Å². The predicted octanol–water partition coefficient (Wildman–Crippen LogP) is 4.24. The summed E-state index contributed by atoms with van der Waals surface area (Å²) in [5.41, 5.74) is 6.61. The molecule has 178 valence electrons. The Kier molecular flexibility index (Phi) is 5.78. The Morgan fingerprint density at radius 1 is 1.00 bits per heavy atom. The molecule has 0 bridgehead atoms. The molecule has 3 aromatic carbocycles. The zero-order valence-electron chi connectivity index (χ0n) is 19.1. The van der Waals surface area contributed by atoms with Crippen molar-refractivity contribution in [1.29, 1.82) is 0 Å². The first-order chi connectivity index (χ1) is 16.9. The van der Waals surface area contributed by atoms with Gasteiger partial charge in [-0.1, -0.05) is 91.0 Å². The highest BCUT2D eigenvalue weighted by Gasteiger charge is 2.40. The molecule has 5 rings (SSSR count). The fourth-order valence-corrected chi connectivity index (χ4v) is 6.21. The van der Waals surface area contributed by atoms with Gasteiger partial charge in [0.25, 0.3) is 0 Å². The lowest BCUT2D eigenvalue weighted by Gasteiger charge is -2.33. The Hall–Kier alpha value is -4.11. The third kappa shape index (κ3) is 3.93. The summed E-state index contributed by atoms with van der Waals surface area (Å²) in [7, 11) is -3.68. The molecule has 35 heavy (non-hydrogen) atoms. The summed E-state index contributed by atoms with van der Waals surface area (Å²) in [5, 5.41) is 4.36. The van der Waals surface area contributed by atoms with E-state index in [1.807, 2.05) is 97.9 Å². The fraction of sp³-hybridized carbons (Fsp3) is 0.154. The van der Waals surface area contributed by atoms with Crippen molar-refractivity contribution < 1.29 is 13.7 Å². The highest BCUT2D eigenvalue weighted by Crippen LogP contribution is 2.43. The molecule has 2 unspecified atom stereocenters. The van der Waals surface area contributed by atoms with E-state index in [1.54, 1.807) is 4.68 Å². The van der Waals surface area contributed by atoms with Gasteiger partial charge in [0, 0.05) is 0 Å². The normalized spacial score (nSPS) is 16.5. The lowest BCUT2D eigenvalue weighted by atomic mass is 9.78. The molecule has 1 aromatic heterocycles. The number of rotatable bonds is 6. The predicted molar refractivity (Wildman–Crippen MR) is 133 cm³/mol. The molecule has 0 saturated heterocycles. The van der Waals surface area contributed by atoms with Crippen molar-refractivity contribution in [3.8, 4) is 5.88 Å². The summed E-state index contributed by atoms with van der Waals surface area (Å²) in [4.78, 5) is 12.3. The largest absolute Gasteiger partial charge is 0.475 e. The number of aromatic nitrogens is 2. The van der Waals surface area contributed by atoms with Gasteiger partial charge in [-0.3, -0.25) is 0 Å². The molecular formula is C26H25N5O3S. The third-order valence-electron chi connectivity index (χ3n) is 5.97. The number of benzene rings is 3. The zero-order chi connectivity index (χ0) is 24.5. The first kappa shape index (κ1) is 22.7. The molecule has 8 nitrogen and oxygen atoms in total. The van der Waals surface area contributed by atoms with E-state index in [-0.39, 0.29) is 10.9 Å². The molecule has 0 radical (unpaired) electrons. The van der Waals surface area contributed by atoms with Gasteiger partial charge in [-0.25, -0.2) is 18.4 Å². The van der Waals surface area contributed by atoms with Gasteiger partial charge in [0.15, 0.2) is 9.92 Å². The first-order valence-electron chi connectivity index (χ1n) is 11.2. The second kappa shape index (κ2) is 8.92. The van der Waals surface area contributed by atoms with Crippen LogP contribution in [0.2, 0.25) is 0 Å². The quantitative estimate of drug-likeness (QED) is 0.396. The minimum absolute atomic E-state index is 0.0434. The Bertz CT molecular complexity index is 1370. The van der Waals surface area contributed by atoms with E-state index in [2.05, 4.69) is 9.82 Å². The second-order valence-corrected chi connectivity index (χ2v) is 10.2. The number of carbonyl (C=O) groups is 1. The Balaban J connectivity index is 1.90. The average Bonchev–Trinajstić information content (AvgIpc) is 3.47. The van der Waals surface area contributed by atoms with E-state index in [9.17, 15) is 9.00 Å². The van der Waals surface area contributed by atoms with Crippen molar-refractivity contribution in [2.24, 2.45) is 10.1 Å². The van der Waals surface area contributed by atoms with Crippen molar-refractivity contribution in [2.45, 2.75) is 23.4 Å². The van der Waals surface area contributed by atoms with Gasteiger partial charge in [0.1, 0.15) is 17.0 Å². The summed E-state index contributed by atoms with van der Waals surface area (Å²) >= 11 is 0. The first-order valence-corrected chi connectivity index (χ1v) is 12.7. The minimum Gasteiger partial charge on any atom is -0.475 e. The summed E-state index contributed by atoms with van der Waals surface area (Å²) in [6.07, 6.45) is 1.43. The molecule has 2 atom stereocenters. The maximum atomic E-state index is 14.7. The summed E-state index contributed by atoms with van der Waals surface area (Å²) in [6, 6.07) is 27.7. The molecule has 0 spiro atoms. The van der Waals surface area contributed by atoms with Crippen molar-refractivity contribution >= 4 is 15.9 Å². The standard InChI is InChI=1S/C26H25N5O3S/c1-19-18-34-24-23(17-28-31(19)24)35(33,29-25(27)32)30-26(20-11-5-2-6-12-20,21-13-7-3-8-14-21)22-15-9-4-10-16-22/h2-17,19H,18H2,1H3,(H3,27,29,30,32,33). The topological polar surface area (TPSA) is 112 Å². The fourth-order valence-electron chi connectivity index (χ4n) is 4.40. The van der Waals surface area contributed by atoms with E-state index in [1.165, 1.54) is 6.20 Å². The van der Waals surface area contributed by atoms with E-state index < -0.39 is 21.5 Å². The van der Waals surface area contributed by atoms with Crippen LogP contribution in [0.15, 0.2) is 106 Å². The monoisotopic (exact) mass is 487 g/mol. The van der Waals surface area contributed by atoms with Crippen molar-refractivity contribution in [3.63, 3.8) is 0 Å². The van der Waals surface area contributed by atoms with Crippen LogP contribution < -0.4 is 15.2 Å². The van der Waals surface area contributed by atoms with Crippen LogP contribution in [0.4, 0.5) is 4.79 Å². The highest BCUT2D eigenvalue weighted by molar-refractivity contribution is 7.92. The Morgan fingerprint density at radius 3 is 1.94 bits per heavy atom. The number of urea groups is 1. The maximum Gasteiger partial charge on any atom is 0.324 e. The molecule has 0 fully saturated rings.